The van der Waals surface area contributed by atoms with Crippen molar-refractivity contribution in [2.75, 3.05) is 27.7 Å². The van der Waals surface area contributed by atoms with Crippen molar-refractivity contribution in [2.45, 2.75) is 37.6 Å². The van der Waals surface area contributed by atoms with Crippen LogP contribution >= 0.6 is 0 Å². The first-order chi connectivity index (χ1) is 7.87. The SMILES string of the molecule is CN(CC1(N(C)C)CCC1)C(=O)CCC(=O)O. The Hall–Kier alpha value is -1.10. The van der Waals surface area contributed by atoms with Gasteiger partial charge in [-0.05, 0) is 33.4 Å². The van der Waals surface area contributed by atoms with Crippen molar-refractivity contribution in [3.63, 3.8) is 0 Å². The lowest BCUT2D eigenvalue weighted by Crippen LogP contribution is -2.57. The predicted molar refractivity (Wildman–Crippen MR) is 64.8 cm³/mol. The molecule has 0 unspecified atom stereocenters. The lowest BCUT2D eigenvalue weighted by molar-refractivity contribution is -0.141. The van der Waals surface area contributed by atoms with Crippen molar-refractivity contribution in [2.24, 2.45) is 0 Å². The summed E-state index contributed by atoms with van der Waals surface area (Å²) >= 11 is 0. The molecule has 0 aromatic rings. The Morgan fingerprint density at radius 3 is 2.12 bits per heavy atom. The molecule has 1 amide bonds. The van der Waals surface area contributed by atoms with Crippen LogP contribution in [-0.2, 0) is 9.59 Å². The summed E-state index contributed by atoms with van der Waals surface area (Å²) in [6.07, 6.45) is 3.43. The number of likely N-dealkylation sites (N-methyl/N-ethyl adjacent to an activating group) is 2. The standard InChI is InChI=1S/C12H22N2O3/c1-13(2)12(7-4-8-12)9-14(3)10(15)5-6-11(16)17/h4-9H2,1-3H3,(H,16,17). The van der Waals surface area contributed by atoms with E-state index in [9.17, 15) is 9.59 Å². The van der Waals surface area contributed by atoms with Crippen LogP contribution in [0.4, 0.5) is 0 Å². The molecule has 1 N–H and O–H groups in total. The number of carboxylic acid groups (broad SMARTS) is 1. The zero-order chi connectivity index (χ0) is 13.1. The molecule has 0 radical (unpaired) electrons. The molecule has 1 aliphatic carbocycles. The summed E-state index contributed by atoms with van der Waals surface area (Å²) in [6.45, 7) is 0.693. The third kappa shape index (κ3) is 3.43. The second kappa shape index (κ2) is 5.49. The third-order valence-electron chi connectivity index (χ3n) is 3.74. The molecule has 1 aliphatic rings. The number of carbonyl (C=O) groups excluding carboxylic acids is 1. The average Bonchev–Trinajstić information content (AvgIpc) is 2.18. The molecule has 0 atom stereocenters. The second-order valence-electron chi connectivity index (χ2n) is 5.12. The van der Waals surface area contributed by atoms with Gasteiger partial charge in [-0.3, -0.25) is 9.59 Å². The van der Waals surface area contributed by atoms with Crippen molar-refractivity contribution in [3.05, 3.63) is 0 Å². The van der Waals surface area contributed by atoms with Crippen LogP contribution in [0.2, 0.25) is 0 Å². The van der Waals surface area contributed by atoms with E-state index >= 15 is 0 Å². The topological polar surface area (TPSA) is 60.9 Å². The highest BCUT2D eigenvalue weighted by atomic mass is 16.4. The third-order valence-corrected chi connectivity index (χ3v) is 3.74. The number of carboxylic acids is 1. The molecule has 0 spiro atoms. The number of rotatable bonds is 6. The van der Waals surface area contributed by atoms with Gasteiger partial charge >= 0.3 is 5.97 Å². The number of aliphatic carboxylic acids is 1. The predicted octanol–water partition coefficient (Wildman–Crippen LogP) is 0.794. The summed E-state index contributed by atoms with van der Waals surface area (Å²) in [5.74, 6) is -1.00. The molecule has 0 bridgehead atoms. The quantitative estimate of drug-likeness (QED) is 0.748. The largest absolute Gasteiger partial charge is 0.481 e. The van der Waals surface area contributed by atoms with Crippen LogP contribution in [0, 0.1) is 0 Å². The Kier molecular flexibility index (Phi) is 4.51. The molecule has 0 aliphatic heterocycles. The first-order valence-electron chi connectivity index (χ1n) is 6.00. The molecule has 5 nitrogen and oxygen atoms in total. The van der Waals surface area contributed by atoms with Crippen LogP contribution in [0.1, 0.15) is 32.1 Å². The van der Waals surface area contributed by atoms with E-state index in [1.165, 1.54) is 6.42 Å². The van der Waals surface area contributed by atoms with Gasteiger partial charge in [0.15, 0.2) is 0 Å². The molecule has 17 heavy (non-hydrogen) atoms. The van der Waals surface area contributed by atoms with Crippen LogP contribution in [0.3, 0.4) is 0 Å². The normalized spacial score (nSPS) is 17.6. The molecule has 98 valence electrons. The number of amides is 1. The van der Waals surface area contributed by atoms with Crippen molar-refractivity contribution in [3.8, 4) is 0 Å². The zero-order valence-corrected chi connectivity index (χ0v) is 10.9. The maximum atomic E-state index is 11.7. The number of carbonyl (C=O) groups is 2. The minimum absolute atomic E-state index is 0.0828. The van der Waals surface area contributed by atoms with E-state index in [2.05, 4.69) is 4.90 Å². The number of hydrogen-bond donors (Lipinski definition) is 1. The molecule has 0 heterocycles. The maximum Gasteiger partial charge on any atom is 0.303 e. The van der Waals surface area contributed by atoms with E-state index in [0.29, 0.717) is 6.54 Å². The van der Waals surface area contributed by atoms with Crippen LogP contribution in [0.15, 0.2) is 0 Å². The smallest absolute Gasteiger partial charge is 0.303 e. The Bertz CT molecular complexity index is 298. The fourth-order valence-electron chi connectivity index (χ4n) is 2.27. The van der Waals surface area contributed by atoms with Gasteiger partial charge in [-0.15, -0.1) is 0 Å². The fraction of sp³-hybridized carbons (Fsp3) is 0.833. The van der Waals surface area contributed by atoms with E-state index in [1.54, 1.807) is 11.9 Å². The van der Waals surface area contributed by atoms with Gasteiger partial charge in [-0.2, -0.15) is 0 Å². The summed E-state index contributed by atoms with van der Waals surface area (Å²) in [7, 11) is 5.83. The zero-order valence-electron chi connectivity index (χ0n) is 10.9. The monoisotopic (exact) mass is 242 g/mol. The molecule has 1 saturated carbocycles. The molecule has 5 heteroatoms. The van der Waals surface area contributed by atoms with E-state index in [0.717, 1.165) is 12.8 Å². The first kappa shape index (κ1) is 14.0. The van der Waals surface area contributed by atoms with Gasteiger partial charge in [-0.25, -0.2) is 0 Å². The van der Waals surface area contributed by atoms with Crippen molar-refractivity contribution in [1.29, 1.82) is 0 Å². The van der Waals surface area contributed by atoms with Crippen LogP contribution in [-0.4, -0.2) is 60.0 Å². The molecule has 0 saturated heterocycles. The van der Waals surface area contributed by atoms with Crippen molar-refractivity contribution >= 4 is 11.9 Å². The van der Waals surface area contributed by atoms with Crippen LogP contribution < -0.4 is 0 Å². The van der Waals surface area contributed by atoms with Gasteiger partial charge in [0.1, 0.15) is 0 Å². The van der Waals surface area contributed by atoms with Gasteiger partial charge in [-0.1, -0.05) is 0 Å². The Morgan fingerprint density at radius 1 is 1.18 bits per heavy atom. The van der Waals surface area contributed by atoms with E-state index in [1.807, 2.05) is 14.1 Å². The first-order valence-corrected chi connectivity index (χ1v) is 6.00. The lowest BCUT2D eigenvalue weighted by Gasteiger charge is -2.49. The van der Waals surface area contributed by atoms with Crippen molar-refractivity contribution in [1.82, 2.24) is 9.80 Å². The molecule has 0 aromatic heterocycles. The Morgan fingerprint density at radius 2 is 1.76 bits per heavy atom. The highest BCUT2D eigenvalue weighted by Crippen LogP contribution is 2.36. The number of nitrogens with zero attached hydrogens (tertiary/aromatic N) is 2. The molecule has 1 rings (SSSR count). The summed E-state index contributed by atoms with van der Waals surface area (Å²) < 4.78 is 0. The minimum Gasteiger partial charge on any atom is -0.481 e. The molecule has 1 fully saturated rings. The van der Waals surface area contributed by atoms with E-state index in [4.69, 9.17) is 5.11 Å². The summed E-state index contributed by atoms with van der Waals surface area (Å²) in [4.78, 5) is 26.0. The second-order valence-corrected chi connectivity index (χ2v) is 5.12. The Balaban J connectivity index is 2.44. The van der Waals surface area contributed by atoms with Crippen LogP contribution in [0.5, 0.6) is 0 Å². The summed E-state index contributed by atoms with van der Waals surface area (Å²) in [5.41, 5.74) is 0.105. The molecular weight excluding hydrogens is 220 g/mol. The van der Waals surface area contributed by atoms with Gasteiger partial charge in [0.2, 0.25) is 5.91 Å². The number of hydrogen-bond acceptors (Lipinski definition) is 3. The van der Waals surface area contributed by atoms with Gasteiger partial charge in [0.05, 0.1) is 6.42 Å². The Labute approximate surface area is 102 Å². The molecule has 0 aromatic carbocycles. The summed E-state index contributed by atoms with van der Waals surface area (Å²) in [5, 5.41) is 8.54. The van der Waals surface area contributed by atoms with Gasteiger partial charge in [0, 0.05) is 25.6 Å². The van der Waals surface area contributed by atoms with E-state index in [-0.39, 0.29) is 24.3 Å². The molecular formula is C12H22N2O3. The van der Waals surface area contributed by atoms with Gasteiger partial charge < -0.3 is 14.9 Å². The summed E-state index contributed by atoms with van der Waals surface area (Å²) in [6, 6.07) is 0. The van der Waals surface area contributed by atoms with Crippen molar-refractivity contribution < 1.29 is 14.7 Å². The van der Waals surface area contributed by atoms with Crippen LogP contribution in [0.25, 0.3) is 0 Å². The average molecular weight is 242 g/mol. The maximum absolute atomic E-state index is 11.7. The van der Waals surface area contributed by atoms with E-state index < -0.39 is 5.97 Å². The highest BCUT2D eigenvalue weighted by Gasteiger charge is 2.40. The minimum atomic E-state index is -0.919. The lowest BCUT2D eigenvalue weighted by atomic mass is 9.75. The highest BCUT2D eigenvalue weighted by molar-refractivity contribution is 5.80. The fourth-order valence-corrected chi connectivity index (χ4v) is 2.27. The van der Waals surface area contributed by atoms with Gasteiger partial charge in [0.25, 0.3) is 0 Å².